The van der Waals surface area contributed by atoms with Gasteiger partial charge >= 0.3 is 0 Å². The van der Waals surface area contributed by atoms with Crippen LogP contribution in [0.2, 0.25) is 0 Å². The van der Waals surface area contributed by atoms with Crippen molar-refractivity contribution < 1.29 is 19.8 Å². The number of amides is 2. The first-order valence-electron chi connectivity index (χ1n) is 10.3. The molecule has 4 rings (SSSR count). The Balaban J connectivity index is 1.56. The quantitative estimate of drug-likeness (QED) is 0.393. The van der Waals surface area contributed by atoms with E-state index in [0.29, 0.717) is 11.3 Å². The van der Waals surface area contributed by atoms with Gasteiger partial charge in [0.1, 0.15) is 11.3 Å². The summed E-state index contributed by atoms with van der Waals surface area (Å²) in [5, 5.41) is 25.5. The number of aliphatic hydroxyl groups is 2. The van der Waals surface area contributed by atoms with Crippen LogP contribution in [0.5, 0.6) is 0 Å². The molecule has 1 unspecified atom stereocenters. The predicted octanol–water partition coefficient (Wildman–Crippen LogP) is 1.41. The SMILES string of the molecule is CN(CC(O)CO)C(=O)c1cnn(C)c1C(=O)Nc1ccn2cc(-c3ccccc3)nc2c1. The minimum absolute atomic E-state index is 0.0778. The van der Waals surface area contributed by atoms with Crippen LogP contribution in [-0.4, -0.2) is 72.4 Å². The second-order valence-electron chi connectivity index (χ2n) is 7.68. The molecule has 0 fully saturated rings. The topological polar surface area (TPSA) is 125 Å². The number of nitrogens with zero attached hydrogens (tertiary/aromatic N) is 5. The van der Waals surface area contributed by atoms with Crippen molar-refractivity contribution in [2.75, 3.05) is 25.5 Å². The summed E-state index contributed by atoms with van der Waals surface area (Å²) >= 11 is 0. The molecule has 0 aliphatic carbocycles. The molecule has 3 N–H and O–H groups in total. The van der Waals surface area contributed by atoms with Crippen LogP contribution < -0.4 is 5.32 Å². The van der Waals surface area contributed by atoms with Crippen LogP contribution in [0.15, 0.2) is 61.1 Å². The van der Waals surface area contributed by atoms with Crippen molar-refractivity contribution in [1.29, 1.82) is 0 Å². The van der Waals surface area contributed by atoms with Crippen LogP contribution in [0, 0.1) is 0 Å². The first kappa shape index (κ1) is 22.2. The summed E-state index contributed by atoms with van der Waals surface area (Å²) in [6, 6.07) is 13.3. The van der Waals surface area contributed by atoms with Gasteiger partial charge in [-0.15, -0.1) is 0 Å². The third kappa shape index (κ3) is 4.61. The number of carbonyl (C=O) groups excluding carboxylic acids is 2. The largest absolute Gasteiger partial charge is 0.394 e. The summed E-state index contributed by atoms with van der Waals surface area (Å²) in [4.78, 5) is 31.7. The van der Waals surface area contributed by atoms with Crippen molar-refractivity contribution >= 4 is 23.1 Å². The zero-order valence-corrected chi connectivity index (χ0v) is 18.2. The lowest BCUT2D eigenvalue weighted by molar-refractivity contribution is 0.0518. The minimum Gasteiger partial charge on any atom is -0.394 e. The summed E-state index contributed by atoms with van der Waals surface area (Å²) in [5.41, 5.74) is 3.15. The van der Waals surface area contributed by atoms with Gasteiger partial charge in [0, 0.05) is 50.4 Å². The molecule has 4 aromatic rings. The Hall–Kier alpha value is -4.02. The van der Waals surface area contributed by atoms with Crippen molar-refractivity contribution in [3.05, 3.63) is 72.3 Å². The highest BCUT2D eigenvalue weighted by atomic mass is 16.3. The first-order valence-corrected chi connectivity index (χ1v) is 10.3. The van der Waals surface area contributed by atoms with E-state index in [1.165, 1.54) is 22.8 Å². The number of fused-ring (bicyclic) bond motifs is 1. The van der Waals surface area contributed by atoms with Gasteiger partial charge in [-0.05, 0) is 6.07 Å². The van der Waals surface area contributed by atoms with E-state index < -0.39 is 24.5 Å². The molecule has 0 radical (unpaired) electrons. The second kappa shape index (κ2) is 9.23. The molecule has 3 heterocycles. The highest BCUT2D eigenvalue weighted by Crippen LogP contribution is 2.21. The molecule has 2 amide bonds. The van der Waals surface area contributed by atoms with Crippen LogP contribution in [0.25, 0.3) is 16.9 Å². The monoisotopic (exact) mass is 448 g/mol. The molecule has 0 saturated heterocycles. The Bertz CT molecular complexity index is 1300. The maximum Gasteiger partial charge on any atom is 0.274 e. The number of aryl methyl sites for hydroxylation is 1. The average molecular weight is 448 g/mol. The van der Waals surface area contributed by atoms with Crippen LogP contribution in [-0.2, 0) is 7.05 Å². The van der Waals surface area contributed by atoms with Crippen LogP contribution in [0.1, 0.15) is 20.8 Å². The molecule has 10 nitrogen and oxygen atoms in total. The molecule has 1 atom stereocenters. The summed E-state index contributed by atoms with van der Waals surface area (Å²) in [6.45, 7) is -0.550. The number of pyridine rings is 1. The highest BCUT2D eigenvalue weighted by molar-refractivity contribution is 6.11. The van der Waals surface area contributed by atoms with Crippen LogP contribution in [0.3, 0.4) is 0 Å². The summed E-state index contributed by atoms with van der Waals surface area (Å²) < 4.78 is 3.18. The molecule has 1 aromatic carbocycles. The number of aromatic nitrogens is 4. The minimum atomic E-state index is -1.07. The van der Waals surface area contributed by atoms with Crippen molar-refractivity contribution in [3.8, 4) is 11.3 Å². The molecule has 0 bridgehead atoms. The third-order valence-corrected chi connectivity index (χ3v) is 5.21. The van der Waals surface area contributed by atoms with E-state index in [1.807, 2.05) is 40.9 Å². The van der Waals surface area contributed by atoms with Crippen molar-refractivity contribution in [3.63, 3.8) is 0 Å². The number of benzene rings is 1. The third-order valence-electron chi connectivity index (χ3n) is 5.21. The normalized spacial score (nSPS) is 12.0. The van der Waals surface area contributed by atoms with Gasteiger partial charge in [0.2, 0.25) is 0 Å². The van der Waals surface area contributed by atoms with Crippen LogP contribution >= 0.6 is 0 Å². The predicted molar refractivity (Wildman–Crippen MR) is 122 cm³/mol. The number of carbonyl (C=O) groups is 2. The number of nitrogens with one attached hydrogen (secondary N) is 1. The number of hydrogen-bond acceptors (Lipinski definition) is 6. The molecule has 0 saturated carbocycles. The number of aliphatic hydroxyl groups excluding tert-OH is 2. The molecule has 170 valence electrons. The maximum absolute atomic E-state index is 13.0. The summed E-state index contributed by atoms with van der Waals surface area (Å²) in [6.07, 6.45) is 3.94. The van der Waals surface area contributed by atoms with Gasteiger partial charge in [-0.2, -0.15) is 5.10 Å². The van der Waals surface area contributed by atoms with Crippen LogP contribution in [0.4, 0.5) is 5.69 Å². The second-order valence-corrected chi connectivity index (χ2v) is 7.68. The van der Waals surface area contributed by atoms with Crippen molar-refractivity contribution in [1.82, 2.24) is 24.1 Å². The van der Waals surface area contributed by atoms with Gasteiger partial charge in [-0.25, -0.2) is 4.98 Å². The van der Waals surface area contributed by atoms with Gasteiger partial charge in [0.15, 0.2) is 0 Å². The van der Waals surface area contributed by atoms with E-state index in [1.54, 1.807) is 25.4 Å². The van der Waals surface area contributed by atoms with Gasteiger partial charge in [-0.1, -0.05) is 30.3 Å². The van der Waals surface area contributed by atoms with Crippen molar-refractivity contribution in [2.24, 2.45) is 7.05 Å². The number of rotatable bonds is 7. The molecule has 0 aliphatic heterocycles. The molecule has 33 heavy (non-hydrogen) atoms. The van der Waals surface area contributed by atoms with E-state index in [2.05, 4.69) is 15.4 Å². The fourth-order valence-corrected chi connectivity index (χ4v) is 3.52. The lowest BCUT2D eigenvalue weighted by atomic mass is 10.2. The smallest absolute Gasteiger partial charge is 0.274 e. The fourth-order valence-electron chi connectivity index (χ4n) is 3.52. The lowest BCUT2D eigenvalue weighted by Crippen LogP contribution is -2.36. The molecule has 0 aliphatic rings. The Morgan fingerprint density at radius 2 is 1.97 bits per heavy atom. The Morgan fingerprint density at radius 3 is 2.70 bits per heavy atom. The van der Waals surface area contributed by atoms with Gasteiger partial charge in [-0.3, -0.25) is 14.3 Å². The highest BCUT2D eigenvalue weighted by Gasteiger charge is 2.25. The number of likely N-dealkylation sites (N-methyl/N-ethyl adjacent to an activating group) is 1. The van der Waals surface area contributed by atoms with Gasteiger partial charge in [0.05, 0.1) is 30.2 Å². The van der Waals surface area contributed by atoms with E-state index in [-0.39, 0.29) is 17.8 Å². The van der Waals surface area contributed by atoms with E-state index in [4.69, 9.17) is 5.11 Å². The van der Waals surface area contributed by atoms with E-state index in [9.17, 15) is 14.7 Å². The average Bonchev–Trinajstić information content (AvgIpc) is 3.42. The zero-order chi connectivity index (χ0) is 23.5. The Morgan fingerprint density at radius 1 is 1.21 bits per heavy atom. The lowest BCUT2D eigenvalue weighted by Gasteiger charge is -2.19. The molecular formula is C23H24N6O4. The number of anilines is 1. The Kier molecular flexibility index (Phi) is 6.20. The summed E-state index contributed by atoms with van der Waals surface area (Å²) in [7, 11) is 3.05. The molecule has 3 aromatic heterocycles. The first-order chi connectivity index (χ1) is 15.9. The zero-order valence-electron chi connectivity index (χ0n) is 18.2. The number of hydrogen-bond donors (Lipinski definition) is 3. The molecular weight excluding hydrogens is 424 g/mol. The standard InChI is InChI=1S/C23H24N6O4/c1-27(12-17(31)14-30)23(33)18-11-24-28(2)21(18)22(32)25-16-8-9-29-13-19(26-20(29)10-16)15-6-4-3-5-7-15/h3-11,13,17,30-31H,12,14H2,1-2H3,(H,25,32). The fraction of sp³-hybridized carbons (Fsp3) is 0.217. The summed E-state index contributed by atoms with van der Waals surface area (Å²) in [5.74, 6) is -0.995. The maximum atomic E-state index is 13.0. The van der Waals surface area contributed by atoms with E-state index >= 15 is 0 Å². The van der Waals surface area contributed by atoms with Gasteiger partial charge < -0.3 is 24.8 Å². The van der Waals surface area contributed by atoms with E-state index in [0.717, 1.165) is 11.3 Å². The van der Waals surface area contributed by atoms with Crippen molar-refractivity contribution in [2.45, 2.75) is 6.10 Å². The van der Waals surface area contributed by atoms with Gasteiger partial charge in [0.25, 0.3) is 11.8 Å². The molecule has 10 heteroatoms. The molecule has 0 spiro atoms. The number of imidazole rings is 1. The Labute approximate surface area is 189 Å².